The molecule has 3 rings (SSSR count). The van der Waals surface area contributed by atoms with Crippen LogP contribution >= 0.6 is 0 Å². The summed E-state index contributed by atoms with van der Waals surface area (Å²) in [5.41, 5.74) is 1.57. The van der Waals surface area contributed by atoms with E-state index in [0.717, 1.165) is 5.56 Å². The summed E-state index contributed by atoms with van der Waals surface area (Å²) < 4.78 is 23.7. The molecule has 0 atom stereocenters. The van der Waals surface area contributed by atoms with Gasteiger partial charge < -0.3 is 14.6 Å². The van der Waals surface area contributed by atoms with Crippen molar-refractivity contribution in [3.05, 3.63) is 65.1 Å². The summed E-state index contributed by atoms with van der Waals surface area (Å²) in [6.07, 6.45) is 1.55. The van der Waals surface area contributed by atoms with E-state index >= 15 is 0 Å². The molecule has 0 aliphatic rings. The normalized spacial score (nSPS) is 10.6. The summed E-state index contributed by atoms with van der Waals surface area (Å²) in [7, 11) is 0. The van der Waals surface area contributed by atoms with Crippen molar-refractivity contribution in [2.45, 2.75) is 20.1 Å². The van der Waals surface area contributed by atoms with E-state index < -0.39 is 5.82 Å². The first-order valence-corrected chi connectivity index (χ1v) is 7.23. The van der Waals surface area contributed by atoms with Gasteiger partial charge in [-0.25, -0.2) is 4.39 Å². The molecule has 1 amide bonds. The van der Waals surface area contributed by atoms with E-state index in [0.29, 0.717) is 18.0 Å². The molecule has 2 N–H and O–H groups in total. The molecule has 0 aliphatic heterocycles. The van der Waals surface area contributed by atoms with Gasteiger partial charge in [0.25, 0.3) is 5.91 Å². The largest absolute Gasteiger partial charge is 0.484 e. The van der Waals surface area contributed by atoms with E-state index in [4.69, 9.17) is 9.26 Å². The number of hydrogen-bond acceptors (Lipinski definition) is 5. The van der Waals surface area contributed by atoms with E-state index in [2.05, 4.69) is 20.7 Å². The van der Waals surface area contributed by atoms with Crippen LogP contribution in [0.4, 0.5) is 4.39 Å². The summed E-state index contributed by atoms with van der Waals surface area (Å²) in [4.78, 5) is 12.0. The Bertz CT molecular complexity index is 843. The molecule has 2 heterocycles. The number of carbonyl (C=O) groups excluding carboxylic acids is 1. The molecule has 24 heavy (non-hydrogen) atoms. The molecule has 0 spiro atoms. The lowest BCUT2D eigenvalue weighted by molar-refractivity contribution is 0.0946. The third-order valence-corrected chi connectivity index (χ3v) is 3.37. The third kappa shape index (κ3) is 3.60. The van der Waals surface area contributed by atoms with E-state index in [1.165, 1.54) is 12.1 Å². The second-order valence-corrected chi connectivity index (χ2v) is 5.09. The second-order valence-electron chi connectivity index (χ2n) is 5.09. The summed E-state index contributed by atoms with van der Waals surface area (Å²) in [5.74, 6) is 0.000374. The number of nitrogens with zero attached hydrogens (tertiary/aromatic N) is 2. The zero-order valence-electron chi connectivity index (χ0n) is 12.9. The molecule has 8 heteroatoms. The maximum absolute atomic E-state index is 13.5. The number of ether oxygens (including phenoxy) is 1. The number of H-pyrrole nitrogens is 1. The van der Waals surface area contributed by atoms with Gasteiger partial charge in [0, 0.05) is 12.1 Å². The molecule has 0 radical (unpaired) electrons. The zero-order chi connectivity index (χ0) is 16.9. The van der Waals surface area contributed by atoms with E-state index in [1.54, 1.807) is 31.3 Å². The lowest BCUT2D eigenvalue weighted by Crippen LogP contribution is -2.23. The third-order valence-electron chi connectivity index (χ3n) is 3.37. The monoisotopic (exact) mass is 330 g/mol. The molecule has 0 saturated carbocycles. The van der Waals surface area contributed by atoms with Gasteiger partial charge in [-0.05, 0) is 25.1 Å². The van der Waals surface area contributed by atoms with Crippen molar-refractivity contribution in [3.63, 3.8) is 0 Å². The first-order valence-electron chi connectivity index (χ1n) is 7.23. The Hall–Kier alpha value is -3.16. The van der Waals surface area contributed by atoms with Gasteiger partial charge in [0.05, 0.1) is 11.9 Å². The highest BCUT2D eigenvalue weighted by Crippen LogP contribution is 2.16. The van der Waals surface area contributed by atoms with Crippen LogP contribution in [-0.4, -0.2) is 21.3 Å². The van der Waals surface area contributed by atoms with Gasteiger partial charge in [-0.15, -0.1) is 0 Å². The van der Waals surface area contributed by atoms with E-state index in [-0.39, 0.29) is 24.0 Å². The lowest BCUT2D eigenvalue weighted by atomic mass is 10.2. The van der Waals surface area contributed by atoms with E-state index in [1.807, 2.05) is 0 Å². The number of para-hydroxylation sites is 1. The number of rotatable bonds is 6. The number of aryl methyl sites for hydroxylation is 1. The maximum atomic E-state index is 13.5. The SMILES string of the molecule is Cc1oncc1CNC(=O)c1cc(COc2ccccc2F)[nH]n1. The van der Waals surface area contributed by atoms with Crippen LogP contribution in [0.3, 0.4) is 0 Å². The van der Waals surface area contributed by atoms with Crippen LogP contribution < -0.4 is 10.1 Å². The first kappa shape index (κ1) is 15.7. The zero-order valence-corrected chi connectivity index (χ0v) is 12.9. The second kappa shape index (κ2) is 6.95. The highest BCUT2D eigenvalue weighted by Gasteiger charge is 2.12. The van der Waals surface area contributed by atoms with Crippen molar-refractivity contribution in [2.24, 2.45) is 0 Å². The Kier molecular flexibility index (Phi) is 4.55. The lowest BCUT2D eigenvalue weighted by Gasteiger charge is -2.04. The van der Waals surface area contributed by atoms with Crippen molar-refractivity contribution >= 4 is 5.91 Å². The standard InChI is InChI=1S/C16H15FN4O3/c1-10-11(8-19-24-10)7-18-16(22)14-6-12(20-21-14)9-23-15-5-3-2-4-13(15)17/h2-6,8H,7,9H2,1H3,(H,18,22)(H,20,21). The Balaban J connectivity index is 1.56. The van der Waals surface area contributed by atoms with E-state index in [9.17, 15) is 9.18 Å². The molecule has 0 aliphatic carbocycles. The number of benzene rings is 1. The summed E-state index contributed by atoms with van der Waals surface area (Å²) in [5, 5.41) is 13.0. The molecule has 0 saturated heterocycles. The van der Waals surface area contributed by atoms with Crippen molar-refractivity contribution in [1.82, 2.24) is 20.7 Å². The number of carbonyl (C=O) groups is 1. The predicted octanol–water partition coefficient (Wildman–Crippen LogP) is 2.35. The predicted molar refractivity (Wildman–Crippen MR) is 81.7 cm³/mol. The molecule has 1 aromatic carbocycles. The van der Waals surface area contributed by atoms with Gasteiger partial charge in [-0.1, -0.05) is 17.3 Å². The van der Waals surface area contributed by atoms with Crippen LogP contribution in [0.5, 0.6) is 5.75 Å². The van der Waals surface area contributed by atoms with Gasteiger partial charge in [0.15, 0.2) is 11.6 Å². The highest BCUT2D eigenvalue weighted by atomic mass is 19.1. The number of hydrogen-bond donors (Lipinski definition) is 2. The van der Waals surface area contributed by atoms with Crippen LogP contribution in [0.25, 0.3) is 0 Å². The summed E-state index contributed by atoms with van der Waals surface area (Å²) in [6.45, 7) is 2.13. The van der Waals surface area contributed by atoms with Gasteiger partial charge in [-0.3, -0.25) is 9.89 Å². The minimum atomic E-state index is -0.445. The molecule has 0 bridgehead atoms. The minimum absolute atomic E-state index is 0.0754. The molecule has 124 valence electrons. The molecular formula is C16H15FN4O3. The van der Waals surface area contributed by atoms with Gasteiger partial charge in [-0.2, -0.15) is 5.10 Å². The fourth-order valence-corrected chi connectivity index (χ4v) is 2.02. The van der Waals surface area contributed by atoms with Crippen molar-refractivity contribution in [3.8, 4) is 5.75 Å². The van der Waals surface area contributed by atoms with Crippen LogP contribution in [0, 0.1) is 12.7 Å². The first-order chi connectivity index (χ1) is 11.6. The number of amides is 1. The minimum Gasteiger partial charge on any atom is -0.484 e. The summed E-state index contributed by atoms with van der Waals surface area (Å²) >= 11 is 0. The topological polar surface area (TPSA) is 93.0 Å². The molecular weight excluding hydrogens is 315 g/mol. The fourth-order valence-electron chi connectivity index (χ4n) is 2.02. The Labute approximate surface area is 136 Å². The average Bonchev–Trinajstić information content (AvgIpc) is 3.21. The average molecular weight is 330 g/mol. The fraction of sp³-hybridized carbons (Fsp3) is 0.188. The number of aromatic amines is 1. The highest BCUT2D eigenvalue weighted by molar-refractivity contribution is 5.92. The van der Waals surface area contributed by atoms with Gasteiger partial charge >= 0.3 is 0 Å². The molecule has 2 aromatic heterocycles. The molecule has 3 aromatic rings. The summed E-state index contributed by atoms with van der Waals surface area (Å²) in [6, 6.07) is 7.65. The smallest absolute Gasteiger partial charge is 0.272 e. The van der Waals surface area contributed by atoms with Crippen LogP contribution in [-0.2, 0) is 13.2 Å². The van der Waals surface area contributed by atoms with Crippen molar-refractivity contribution in [2.75, 3.05) is 0 Å². The van der Waals surface area contributed by atoms with Gasteiger partial charge in [0.1, 0.15) is 18.1 Å². The van der Waals surface area contributed by atoms with Crippen molar-refractivity contribution in [1.29, 1.82) is 0 Å². The molecule has 0 fully saturated rings. The van der Waals surface area contributed by atoms with Gasteiger partial charge in [0.2, 0.25) is 0 Å². The number of halogens is 1. The Morgan fingerprint density at radius 2 is 2.25 bits per heavy atom. The maximum Gasteiger partial charge on any atom is 0.272 e. The Morgan fingerprint density at radius 3 is 3.00 bits per heavy atom. The molecule has 0 unspecified atom stereocenters. The van der Waals surface area contributed by atoms with Crippen LogP contribution in [0.15, 0.2) is 41.1 Å². The number of aromatic nitrogens is 3. The molecule has 7 nitrogen and oxygen atoms in total. The van der Waals surface area contributed by atoms with Crippen molar-refractivity contribution < 1.29 is 18.4 Å². The van der Waals surface area contributed by atoms with Crippen LogP contribution in [0.1, 0.15) is 27.5 Å². The van der Waals surface area contributed by atoms with Crippen LogP contribution in [0.2, 0.25) is 0 Å². The quantitative estimate of drug-likeness (QED) is 0.724. The Morgan fingerprint density at radius 1 is 1.42 bits per heavy atom. The number of nitrogens with one attached hydrogen (secondary N) is 2.